The number of methoxy groups -OCH3 is 1. The van der Waals surface area contributed by atoms with Gasteiger partial charge in [-0.05, 0) is 12.5 Å². The normalized spacial score (nSPS) is 10.8. The predicted octanol–water partition coefficient (Wildman–Crippen LogP) is 2.05. The Bertz CT molecular complexity index is 377. The second kappa shape index (κ2) is 6.68. The van der Waals surface area contributed by atoms with Crippen LogP contribution < -0.4 is 0 Å². The molecule has 0 saturated heterocycles. The van der Waals surface area contributed by atoms with Crippen LogP contribution in [0.4, 0.5) is 5.69 Å². The van der Waals surface area contributed by atoms with Crippen LogP contribution in [0.5, 0.6) is 0 Å². The summed E-state index contributed by atoms with van der Waals surface area (Å²) in [6, 6.07) is 6.54. The number of para-hydroxylation sites is 1. The van der Waals surface area contributed by atoms with Gasteiger partial charge in [0.25, 0.3) is 5.69 Å². The average Bonchev–Trinajstić information content (AvgIpc) is 2.29. The summed E-state index contributed by atoms with van der Waals surface area (Å²) in [7, 11) is 1.63. The van der Waals surface area contributed by atoms with Crippen LogP contribution in [-0.2, 0) is 4.74 Å². The van der Waals surface area contributed by atoms with Gasteiger partial charge < -0.3 is 4.74 Å². The van der Waals surface area contributed by atoms with Crippen LogP contribution >= 0.6 is 0 Å². The van der Waals surface area contributed by atoms with Crippen LogP contribution in [0.25, 0.3) is 0 Å². The molecular weight excluding hydrogens is 208 g/mol. The number of hydrogen-bond acceptors (Lipinski definition) is 4. The van der Waals surface area contributed by atoms with Crippen LogP contribution in [0.3, 0.4) is 0 Å². The number of nitro groups is 1. The lowest BCUT2D eigenvalue weighted by molar-refractivity contribution is -0.385. The number of nitrogens with zero attached hydrogens (tertiary/aromatic N) is 2. The van der Waals surface area contributed by atoms with Crippen molar-refractivity contribution in [2.24, 2.45) is 4.99 Å². The SMILES string of the molecule is COCCCN=Cc1ccccc1[N+](=O)[O-]. The van der Waals surface area contributed by atoms with Crippen molar-refractivity contribution in [2.75, 3.05) is 20.3 Å². The van der Waals surface area contributed by atoms with Crippen LogP contribution in [0.15, 0.2) is 29.3 Å². The predicted molar refractivity (Wildman–Crippen MR) is 62.1 cm³/mol. The van der Waals surface area contributed by atoms with Crippen molar-refractivity contribution >= 4 is 11.9 Å². The summed E-state index contributed by atoms with van der Waals surface area (Å²) in [5.74, 6) is 0. The maximum absolute atomic E-state index is 10.7. The summed E-state index contributed by atoms with van der Waals surface area (Å²) in [5, 5.41) is 10.7. The van der Waals surface area contributed by atoms with Gasteiger partial charge in [-0.3, -0.25) is 15.1 Å². The van der Waals surface area contributed by atoms with Gasteiger partial charge in [-0.2, -0.15) is 0 Å². The molecule has 0 saturated carbocycles. The molecule has 0 aliphatic heterocycles. The molecular formula is C11H14N2O3. The third-order valence-corrected chi connectivity index (χ3v) is 2.00. The molecule has 0 fully saturated rings. The number of ether oxygens (including phenoxy) is 1. The van der Waals surface area contributed by atoms with E-state index in [1.807, 2.05) is 0 Å². The summed E-state index contributed by atoms with van der Waals surface area (Å²) in [5.41, 5.74) is 0.614. The van der Waals surface area contributed by atoms with E-state index in [0.717, 1.165) is 6.42 Å². The maximum atomic E-state index is 10.7. The van der Waals surface area contributed by atoms with E-state index in [2.05, 4.69) is 4.99 Å². The monoisotopic (exact) mass is 222 g/mol. The smallest absolute Gasteiger partial charge is 0.278 e. The Morgan fingerprint density at radius 2 is 2.25 bits per heavy atom. The van der Waals surface area contributed by atoms with Crippen molar-refractivity contribution in [1.29, 1.82) is 0 Å². The third-order valence-electron chi connectivity index (χ3n) is 2.00. The zero-order valence-corrected chi connectivity index (χ0v) is 9.13. The molecule has 86 valence electrons. The second-order valence-corrected chi connectivity index (χ2v) is 3.20. The molecule has 5 nitrogen and oxygen atoms in total. The topological polar surface area (TPSA) is 64.7 Å². The van der Waals surface area contributed by atoms with Crippen molar-refractivity contribution in [1.82, 2.24) is 0 Å². The van der Waals surface area contributed by atoms with Crippen molar-refractivity contribution < 1.29 is 9.66 Å². The fourth-order valence-corrected chi connectivity index (χ4v) is 1.23. The quantitative estimate of drug-likeness (QED) is 0.320. The largest absolute Gasteiger partial charge is 0.385 e. The Hall–Kier alpha value is -1.75. The molecule has 16 heavy (non-hydrogen) atoms. The lowest BCUT2D eigenvalue weighted by Crippen LogP contribution is -1.95. The fraction of sp³-hybridized carbons (Fsp3) is 0.364. The lowest BCUT2D eigenvalue weighted by atomic mass is 10.2. The highest BCUT2D eigenvalue weighted by Gasteiger charge is 2.09. The first-order valence-electron chi connectivity index (χ1n) is 4.98. The molecule has 0 N–H and O–H groups in total. The van der Waals surface area contributed by atoms with Gasteiger partial charge in [0.1, 0.15) is 0 Å². The van der Waals surface area contributed by atoms with Gasteiger partial charge in [0.2, 0.25) is 0 Å². The minimum absolute atomic E-state index is 0.0815. The molecule has 0 unspecified atom stereocenters. The van der Waals surface area contributed by atoms with E-state index in [4.69, 9.17) is 4.74 Å². The van der Waals surface area contributed by atoms with Crippen molar-refractivity contribution in [3.05, 3.63) is 39.9 Å². The van der Waals surface area contributed by atoms with E-state index in [0.29, 0.717) is 18.7 Å². The summed E-state index contributed by atoms with van der Waals surface area (Å²) in [6.45, 7) is 1.26. The Kier molecular flexibility index (Phi) is 5.15. The number of benzene rings is 1. The fourth-order valence-electron chi connectivity index (χ4n) is 1.23. The van der Waals surface area contributed by atoms with Crippen LogP contribution in [0.2, 0.25) is 0 Å². The molecule has 0 bridgehead atoms. The molecule has 5 heteroatoms. The van der Waals surface area contributed by atoms with Crippen LogP contribution in [-0.4, -0.2) is 31.4 Å². The molecule has 1 aromatic carbocycles. The van der Waals surface area contributed by atoms with Gasteiger partial charge in [-0.15, -0.1) is 0 Å². The molecule has 0 spiro atoms. The Morgan fingerprint density at radius 3 is 2.94 bits per heavy atom. The molecule has 0 atom stereocenters. The van der Waals surface area contributed by atoms with Crippen molar-refractivity contribution in [2.45, 2.75) is 6.42 Å². The first-order chi connectivity index (χ1) is 7.75. The van der Waals surface area contributed by atoms with E-state index in [-0.39, 0.29) is 5.69 Å². The van der Waals surface area contributed by atoms with E-state index >= 15 is 0 Å². The average molecular weight is 222 g/mol. The summed E-state index contributed by atoms with van der Waals surface area (Å²) in [4.78, 5) is 14.4. The Morgan fingerprint density at radius 1 is 1.50 bits per heavy atom. The van der Waals surface area contributed by atoms with E-state index in [1.54, 1.807) is 25.3 Å². The van der Waals surface area contributed by atoms with Gasteiger partial charge in [-0.25, -0.2) is 0 Å². The maximum Gasteiger partial charge on any atom is 0.278 e. The van der Waals surface area contributed by atoms with Gasteiger partial charge in [0.15, 0.2) is 0 Å². The zero-order chi connectivity index (χ0) is 11.8. The summed E-state index contributed by atoms with van der Waals surface area (Å²) >= 11 is 0. The van der Waals surface area contributed by atoms with Crippen LogP contribution in [0, 0.1) is 10.1 Å². The first kappa shape index (κ1) is 12.3. The van der Waals surface area contributed by atoms with Gasteiger partial charge >= 0.3 is 0 Å². The second-order valence-electron chi connectivity index (χ2n) is 3.20. The van der Waals surface area contributed by atoms with E-state index < -0.39 is 4.92 Å². The number of hydrogen-bond donors (Lipinski definition) is 0. The van der Waals surface area contributed by atoms with E-state index in [9.17, 15) is 10.1 Å². The number of rotatable bonds is 6. The van der Waals surface area contributed by atoms with Gasteiger partial charge in [0.05, 0.1) is 10.5 Å². The number of nitro benzene ring substituents is 1. The summed E-state index contributed by atoms with van der Waals surface area (Å²) < 4.78 is 4.87. The molecule has 0 aliphatic rings. The Balaban J connectivity index is 2.62. The minimum atomic E-state index is -0.406. The molecule has 0 aliphatic carbocycles. The van der Waals surface area contributed by atoms with Gasteiger partial charge in [-0.1, -0.05) is 12.1 Å². The van der Waals surface area contributed by atoms with Crippen molar-refractivity contribution in [3.63, 3.8) is 0 Å². The molecule has 1 aromatic rings. The third kappa shape index (κ3) is 3.78. The first-order valence-corrected chi connectivity index (χ1v) is 4.98. The van der Waals surface area contributed by atoms with Gasteiger partial charge in [0, 0.05) is 32.5 Å². The lowest BCUT2D eigenvalue weighted by Gasteiger charge is -1.96. The van der Waals surface area contributed by atoms with E-state index in [1.165, 1.54) is 12.3 Å². The standard InChI is InChI=1S/C11H14N2O3/c1-16-8-4-7-12-9-10-5-2-3-6-11(10)13(14)15/h2-3,5-6,9H,4,7-8H2,1H3. The highest BCUT2D eigenvalue weighted by atomic mass is 16.6. The molecule has 0 amide bonds. The molecule has 1 rings (SSSR count). The highest BCUT2D eigenvalue weighted by molar-refractivity contribution is 5.85. The molecule has 0 aromatic heterocycles. The number of aliphatic imine (C=N–C) groups is 1. The summed E-state index contributed by atoms with van der Waals surface area (Å²) in [6.07, 6.45) is 2.35. The van der Waals surface area contributed by atoms with Crippen LogP contribution in [0.1, 0.15) is 12.0 Å². The molecule has 0 heterocycles. The highest BCUT2D eigenvalue weighted by Crippen LogP contribution is 2.15. The van der Waals surface area contributed by atoms with Crippen molar-refractivity contribution in [3.8, 4) is 0 Å². The Labute approximate surface area is 93.9 Å². The molecule has 0 radical (unpaired) electrons. The zero-order valence-electron chi connectivity index (χ0n) is 9.13. The minimum Gasteiger partial charge on any atom is -0.385 e.